The minimum absolute atomic E-state index is 0.419. The molecule has 0 fully saturated rings. The van der Waals surface area contributed by atoms with Gasteiger partial charge in [0, 0.05) is 12.0 Å². The van der Waals surface area contributed by atoms with Gasteiger partial charge in [-0.2, -0.15) is 0 Å². The van der Waals surface area contributed by atoms with Gasteiger partial charge in [-0.25, -0.2) is 0 Å². The lowest BCUT2D eigenvalue weighted by Crippen LogP contribution is -2.11. The molecule has 0 saturated carbocycles. The SMILES string of the molecule is NC(=O)c1cccc(COC[CH]c2ccccc2)c1. The molecule has 2 aromatic carbocycles. The average Bonchev–Trinajstić information content (AvgIpc) is 2.45. The summed E-state index contributed by atoms with van der Waals surface area (Å²) in [4.78, 5) is 11.0. The zero-order valence-corrected chi connectivity index (χ0v) is 10.6. The monoisotopic (exact) mass is 254 g/mol. The maximum Gasteiger partial charge on any atom is 0.248 e. The van der Waals surface area contributed by atoms with Gasteiger partial charge < -0.3 is 10.5 Å². The predicted octanol–water partition coefficient (Wildman–Crippen LogP) is 2.55. The molecule has 3 nitrogen and oxygen atoms in total. The number of amides is 1. The molecule has 0 saturated heterocycles. The molecule has 0 aliphatic heterocycles. The van der Waals surface area contributed by atoms with Crippen LogP contribution in [0.3, 0.4) is 0 Å². The summed E-state index contributed by atoms with van der Waals surface area (Å²) >= 11 is 0. The van der Waals surface area contributed by atoms with Gasteiger partial charge in [0.1, 0.15) is 0 Å². The van der Waals surface area contributed by atoms with Crippen LogP contribution >= 0.6 is 0 Å². The van der Waals surface area contributed by atoms with E-state index in [0.29, 0.717) is 18.8 Å². The maximum atomic E-state index is 11.0. The highest BCUT2D eigenvalue weighted by Crippen LogP contribution is 2.07. The number of hydrogen-bond acceptors (Lipinski definition) is 2. The zero-order chi connectivity index (χ0) is 13.5. The Balaban J connectivity index is 1.80. The highest BCUT2D eigenvalue weighted by molar-refractivity contribution is 5.92. The minimum atomic E-state index is -0.419. The fraction of sp³-hybridized carbons (Fsp3) is 0.125. The van der Waals surface area contributed by atoms with Gasteiger partial charge in [0.15, 0.2) is 0 Å². The van der Waals surface area contributed by atoms with Gasteiger partial charge in [-0.05, 0) is 23.3 Å². The first kappa shape index (κ1) is 13.3. The van der Waals surface area contributed by atoms with Crippen molar-refractivity contribution < 1.29 is 9.53 Å². The fourth-order valence-electron chi connectivity index (χ4n) is 1.74. The quantitative estimate of drug-likeness (QED) is 0.805. The molecule has 0 aromatic heterocycles. The van der Waals surface area contributed by atoms with Crippen LogP contribution in [0.1, 0.15) is 21.5 Å². The second-order valence-electron chi connectivity index (χ2n) is 4.19. The smallest absolute Gasteiger partial charge is 0.248 e. The third-order valence-electron chi connectivity index (χ3n) is 2.72. The van der Waals surface area contributed by atoms with Crippen LogP contribution in [-0.2, 0) is 11.3 Å². The third kappa shape index (κ3) is 4.23. The van der Waals surface area contributed by atoms with Crippen molar-refractivity contribution in [3.63, 3.8) is 0 Å². The Morgan fingerprint density at radius 2 is 1.89 bits per heavy atom. The summed E-state index contributed by atoms with van der Waals surface area (Å²) in [5, 5.41) is 0. The number of hydrogen-bond donors (Lipinski definition) is 1. The van der Waals surface area contributed by atoms with Gasteiger partial charge in [0.05, 0.1) is 13.2 Å². The van der Waals surface area contributed by atoms with Crippen molar-refractivity contribution in [3.8, 4) is 0 Å². The zero-order valence-electron chi connectivity index (χ0n) is 10.6. The van der Waals surface area contributed by atoms with Crippen LogP contribution < -0.4 is 5.73 Å². The van der Waals surface area contributed by atoms with Crippen molar-refractivity contribution in [2.45, 2.75) is 6.61 Å². The molecule has 97 valence electrons. The summed E-state index contributed by atoms with van der Waals surface area (Å²) in [6, 6.07) is 17.2. The van der Waals surface area contributed by atoms with Gasteiger partial charge in [-0.3, -0.25) is 4.79 Å². The van der Waals surface area contributed by atoms with Crippen molar-refractivity contribution in [1.82, 2.24) is 0 Å². The average molecular weight is 254 g/mol. The maximum absolute atomic E-state index is 11.0. The summed E-state index contributed by atoms with van der Waals surface area (Å²) in [5.41, 5.74) is 7.81. The lowest BCUT2D eigenvalue weighted by molar-refractivity contribution is 0.0999. The largest absolute Gasteiger partial charge is 0.376 e. The standard InChI is InChI=1S/C16H16NO2/c17-16(18)15-8-4-7-14(11-15)12-19-10-9-13-5-2-1-3-6-13/h1-9,11H,10,12H2,(H2,17,18). The number of ether oxygens (including phenoxy) is 1. The molecule has 2 N–H and O–H groups in total. The van der Waals surface area contributed by atoms with E-state index in [2.05, 4.69) is 0 Å². The van der Waals surface area contributed by atoms with Crippen LogP contribution in [0, 0.1) is 6.42 Å². The number of carbonyl (C=O) groups is 1. The molecule has 0 unspecified atom stereocenters. The Morgan fingerprint density at radius 3 is 2.63 bits per heavy atom. The van der Waals surface area contributed by atoms with E-state index in [1.54, 1.807) is 18.2 Å². The second kappa shape index (κ2) is 6.71. The first-order valence-electron chi connectivity index (χ1n) is 6.10. The van der Waals surface area contributed by atoms with E-state index in [1.165, 1.54) is 0 Å². The van der Waals surface area contributed by atoms with Crippen LogP contribution in [0.5, 0.6) is 0 Å². The molecule has 0 atom stereocenters. The molecule has 1 radical (unpaired) electrons. The molecule has 0 bridgehead atoms. The molecule has 2 rings (SSSR count). The van der Waals surface area contributed by atoms with Gasteiger partial charge in [-0.1, -0.05) is 42.5 Å². The van der Waals surface area contributed by atoms with E-state index in [9.17, 15) is 4.79 Å². The first-order valence-corrected chi connectivity index (χ1v) is 6.10. The van der Waals surface area contributed by atoms with Crippen LogP contribution in [0.15, 0.2) is 54.6 Å². The molecule has 0 aliphatic rings. The van der Waals surface area contributed by atoms with E-state index in [4.69, 9.17) is 10.5 Å². The first-order chi connectivity index (χ1) is 9.25. The third-order valence-corrected chi connectivity index (χ3v) is 2.72. The van der Waals surface area contributed by atoms with E-state index >= 15 is 0 Å². The number of benzene rings is 2. The van der Waals surface area contributed by atoms with Gasteiger partial charge in [-0.15, -0.1) is 0 Å². The molecule has 1 amide bonds. The summed E-state index contributed by atoms with van der Waals surface area (Å²) in [6.07, 6.45) is 2.01. The molecule has 0 spiro atoms. The van der Waals surface area contributed by atoms with Crippen molar-refractivity contribution >= 4 is 5.91 Å². The lowest BCUT2D eigenvalue weighted by Gasteiger charge is -2.05. The van der Waals surface area contributed by atoms with Gasteiger partial charge in [0.2, 0.25) is 5.91 Å². The van der Waals surface area contributed by atoms with Crippen molar-refractivity contribution in [2.24, 2.45) is 5.73 Å². The van der Waals surface area contributed by atoms with Crippen molar-refractivity contribution in [3.05, 3.63) is 77.7 Å². The van der Waals surface area contributed by atoms with E-state index in [0.717, 1.165) is 11.1 Å². The second-order valence-corrected chi connectivity index (χ2v) is 4.19. The summed E-state index contributed by atoms with van der Waals surface area (Å²) in [5.74, 6) is -0.419. The van der Waals surface area contributed by atoms with Crippen molar-refractivity contribution in [2.75, 3.05) is 6.61 Å². The van der Waals surface area contributed by atoms with Crippen LogP contribution in [0.2, 0.25) is 0 Å². The van der Waals surface area contributed by atoms with Crippen LogP contribution in [0.4, 0.5) is 0 Å². The molecule has 3 heteroatoms. The van der Waals surface area contributed by atoms with Crippen molar-refractivity contribution in [1.29, 1.82) is 0 Å². The molecule has 19 heavy (non-hydrogen) atoms. The lowest BCUT2D eigenvalue weighted by atomic mass is 10.1. The van der Waals surface area contributed by atoms with Crippen LogP contribution in [-0.4, -0.2) is 12.5 Å². The highest BCUT2D eigenvalue weighted by atomic mass is 16.5. The normalized spacial score (nSPS) is 10.3. The topological polar surface area (TPSA) is 52.3 Å². The number of rotatable bonds is 6. The highest BCUT2D eigenvalue weighted by Gasteiger charge is 2.01. The van der Waals surface area contributed by atoms with Gasteiger partial charge in [0.25, 0.3) is 0 Å². The molecule has 0 aliphatic carbocycles. The molecular formula is C16H16NO2. The van der Waals surface area contributed by atoms with Gasteiger partial charge >= 0.3 is 0 Å². The summed E-state index contributed by atoms with van der Waals surface area (Å²) in [7, 11) is 0. The summed E-state index contributed by atoms with van der Waals surface area (Å²) in [6.45, 7) is 0.995. The Bertz CT molecular complexity index is 537. The number of primary amides is 1. The minimum Gasteiger partial charge on any atom is -0.376 e. The number of carbonyl (C=O) groups excluding carboxylic acids is 1. The summed E-state index contributed by atoms with van der Waals surface area (Å²) < 4.78 is 5.55. The number of nitrogens with two attached hydrogens (primary N) is 1. The van der Waals surface area contributed by atoms with E-state index in [-0.39, 0.29) is 0 Å². The predicted molar refractivity (Wildman–Crippen MR) is 74.5 cm³/mol. The molecule has 2 aromatic rings. The fourth-order valence-corrected chi connectivity index (χ4v) is 1.74. The van der Waals surface area contributed by atoms with E-state index < -0.39 is 5.91 Å². The molecule has 0 heterocycles. The Hall–Kier alpha value is -2.13. The van der Waals surface area contributed by atoms with E-state index in [1.807, 2.05) is 42.8 Å². The molecular weight excluding hydrogens is 238 g/mol. The van der Waals surface area contributed by atoms with Crippen LogP contribution in [0.25, 0.3) is 0 Å². The Morgan fingerprint density at radius 1 is 1.11 bits per heavy atom. The Labute approximate surface area is 113 Å². The Kier molecular flexibility index (Phi) is 4.70.